The highest BCUT2D eigenvalue weighted by Gasteiger charge is 2.08. The Morgan fingerprint density at radius 3 is 3.07 bits per heavy atom. The molecule has 0 radical (unpaired) electrons. The third kappa shape index (κ3) is 1.71. The number of carbonyl (C=O) groups excluding carboxylic acids is 1. The lowest BCUT2D eigenvalue weighted by molar-refractivity contribution is -0.131. The van der Waals surface area contributed by atoms with Gasteiger partial charge >= 0.3 is 5.97 Å². The summed E-state index contributed by atoms with van der Waals surface area (Å²) < 4.78 is 6.26. The average molecular weight is 228 g/mol. The first-order valence-corrected chi connectivity index (χ1v) is 5.10. The van der Waals surface area contributed by atoms with E-state index in [2.05, 4.69) is 4.98 Å². The van der Waals surface area contributed by atoms with Crippen LogP contribution >= 0.6 is 22.9 Å². The predicted octanol–water partition coefficient (Wildman–Crippen LogP) is 2.88. The van der Waals surface area contributed by atoms with Gasteiger partial charge in [0.2, 0.25) is 0 Å². The van der Waals surface area contributed by atoms with Crippen LogP contribution in [0.1, 0.15) is 6.92 Å². The van der Waals surface area contributed by atoms with Gasteiger partial charge in [0, 0.05) is 6.92 Å². The standard InChI is InChI=1S/C9H6ClNO2S/c1-5(12)13-7-4-2-3-6-8(7)14-9(10)11-6/h2-4H,1H3. The van der Waals surface area contributed by atoms with Crippen LogP contribution in [0.2, 0.25) is 4.47 Å². The largest absolute Gasteiger partial charge is 0.425 e. The van der Waals surface area contributed by atoms with Crippen molar-refractivity contribution in [1.82, 2.24) is 4.98 Å². The summed E-state index contributed by atoms with van der Waals surface area (Å²) >= 11 is 7.06. The van der Waals surface area contributed by atoms with Crippen molar-refractivity contribution >= 4 is 39.1 Å². The Bertz CT molecular complexity index is 495. The molecule has 72 valence electrons. The molecule has 0 saturated heterocycles. The molecule has 0 aliphatic heterocycles. The first-order valence-electron chi connectivity index (χ1n) is 3.90. The van der Waals surface area contributed by atoms with Crippen LogP contribution < -0.4 is 4.74 Å². The monoisotopic (exact) mass is 227 g/mol. The van der Waals surface area contributed by atoms with E-state index in [9.17, 15) is 4.79 Å². The number of hydrogen-bond donors (Lipinski definition) is 0. The van der Waals surface area contributed by atoms with Crippen LogP contribution in [-0.2, 0) is 4.79 Å². The minimum Gasteiger partial charge on any atom is -0.425 e. The molecular weight excluding hydrogens is 222 g/mol. The van der Waals surface area contributed by atoms with Gasteiger partial charge in [0.25, 0.3) is 0 Å². The van der Waals surface area contributed by atoms with Crippen molar-refractivity contribution in [1.29, 1.82) is 0 Å². The van der Waals surface area contributed by atoms with E-state index in [4.69, 9.17) is 16.3 Å². The molecule has 0 atom stereocenters. The lowest BCUT2D eigenvalue weighted by Crippen LogP contribution is -2.00. The number of benzene rings is 1. The van der Waals surface area contributed by atoms with Crippen molar-refractivity contribution in [3.05, 3.63) is 22.7 Å². The Kier molecular flexibility index (Phi) is 2.39. The summed E-state index contributed by atoms with van der Waals surface area (Å²) in [6, 6.07) is 5.32. The van der Waals surface area contributed by atoms with Gasteiger partial charge in [-0.1, -0.05) is 29.0 Å². The van der Waals surface area contributed by atoms with Crippen LogP contribution in [-0.4, -0.2) is 11.0 Å². The van der Waals surface area contributed by atoms with Crippen molar-refractivity contribution in [3.8, 4) is 5.75 Å². The molecule has 1 heterocycles. The highest BCUT2D eigenvalue weighted by molar-refractivity contribution is 7.22. The van der Waals surface area contributed by atoms with Gasteiger partial charge < -0.3 is 4.74 Å². The normalized spacial score (nSPS) is 10.4. The molecule has 0 aliphatic carbocycles. The minimum atomic E-state index is -0.345. The molecule has 0 amide bonds. The predicted molar refractivity (Wildman–Crippen MR) is 55.9 cm³/mol. The molecule has 2 rings (SSSR count). The zero-order chi connectivity index (χ0) is 10.1. The fraction of sp³-hybridized carbons (Fsp3) is 0.111. The Labute approximate surface area is 89.3 Å². The van der Waals surface area contributed by atoms with E-state index < -0.39 is 0 Å². The van der Waals surface area contributed by atoms with E-state index in [-0.39, 0.29) is 5.97 Å². The fourth-order valence-corrected chi connectivity index (χ4v) is 2.20. The summed E-state index contributed by atoms with van der Waals surface area (Å²) in [5.41, 5.74) is 0.749. The molecule has 14 heavy (non-hydrogen) atoms. The summed E-state index contributed by atoms with van der Waals surface area (Å²) in [5.74, 6) is 0.168. The van der Waals surface area contributed by atoms with Crippen LogP contribution in [0, 0.1) is 0 Å². The lowest BCUT2D eigenvalue weighted by Gasteiger charge is -2.00. The van der Waals surface area contributed by atoms with Gasteiger partial charge in [-0.05, 0) is 12.1 Å². The van der Waals surface area contributed by atoms with Gasteiger partial charge in [0.05, 0.1) is 10.2 Å². The second-order valence-corrected chi connectivity index (χ2v) is 4.25. The molecule has 0 bridgehead atoms. The number of fused-ring (bicyclic) bond motifs is 1. The summed E-state index contributed by atoms with van der Waals surface area (Å²) in [7, 11) is 0. The summed E-state index contributed by atoms with van der Waals surface area (Å²) in [6.45, 7) is 1.36. The smallest absolute Gasteiger partial charge is 0.308 e. The number of hydrogen-bond acceptors (Lipinski definition) is 4. The van der Waals surface area contributed by atoms with Gasteiger partial charge in [-0.15, -0.1) is 0 Å². The first-order chi connectivity index (χ1) is 6.66. The van der Waals surface area contributed by atoms with Crippen LogP contribution in [0.4, 0.5) is 0 Å². The highest BCUT2D eigenvalue weighted by atomic mass is 35.5. The maximum Gasteiger partial charge on any atom is 0.308 e. The fourth-order valence-electron chi connectivity index (χ4n) is 1.13. The Balaban J connectivity index is 2.58. The van der Waals surface area contributed by atoms with E-state index in [0.29, 0.717) is 10.2 Å². The Morgan fingerprint density at radius 1 is 1.57 bits per heavy atom. The molecule has 0 spiro atoms. The minimum absolute atomic E-state index is 0.345. The van der Waals surface area contributed by atoms with Crippen molar-refractivity contribution < 1.29 is 9.53 Å². The number of esters is 1. The quantitative estimate of drug-likeness (QED) is 0.556. The second kappa shape index (κ2) is 3.55. The molecule has 0 unspecified atom stereocenters. The van der Waals surface area contributed by atoms with Crippen molar-refractivity contribution in [2.45, 2.75) is 6.92 Å². The molecule has 0 fully saturated rings. The maximum absolute atomic E-state index is 10.8. The SMILES string of the molecule is CC(=O)Oc1cccc2nc(Cl)sc12. The average Bonchev–Trinajstić information content (AvgIpc) is 2.45. The number of nitrogens with zero attached hydrogens (tertiary/aromatic N) is 1. The molecule has 0 saturated carbocycles. The number of thiazole rings is 1. The van der Waals surface area contributed by atoms with Crippen LogP contribution in [0.5, 0.6) is 5.75 Å². The van der Waals surface area contributed by atoms with Gasteiger partial charge in [0.1, 0.15) is 5.75 Å². The summed E-state index contributed by atoms with van der Waals surface area (Å²) in [6.07, 6.45) is 0. The number of carbonyl (C=O) groups is 1. The van der Waals surface area contributed by atoms with Gasteiger partial charge in [-0.25, -0.2) is 4.98 Å². The lowest BCUT2D eigenvalue weighted by atomic mass is 10.3. The zero-order valence-electron chi connectivity index (χ0n) is 7.28. The van der Waals surface area contributed by atoms with E-state index >= 15 is 0 Å². The molecular formula is C9H6ClNO2S. The van der Waals surface area contributed by atoms with Crippen LogP contribution in [0.3, 0.4) is 0 Å². The third-order valence-corrected chi connectivity index (χ3v) is 2.80. The third-order valence-electron chi connectivity index (χ3n) is 1.61. The van der Waals surface area contributed by atoms with Crippen molar-refractivity contribution in [2.75, 3.05) is 0 Å². The number of rotatable bonds is 1. The van der Waals surface area contributed by atoms with Crippen molar-refractivity contribution in [3.63, 3.8) is 0 Å². The molecule has 0 aliphatic rings. The first kappa shape index (κ1) is 9.43. The van der Waals surface area contributed by atoms with Crippen LogP contribution in [0.15, 0.2) is 18.2 Å². The van der Waals surface area contributed by atoms with Crippen molar-refractivity contribution in [2.24, 2.45) is 0 Å². The molecule has 1 aromatic carbocycles. The van der Waals surface area contributed by atoms with Gasteiger partial charge in [0.15, 0.2) is 4.47 Å². The number of ether oxygens (including phenoxy) is 1. The Morgan fingerprint density at radius 2 is 2.36 bits per heavy atom. The van der Waals surface area contributed by atoms with Crippen LogP contribution in [0.25, 0.3) is 10.2 Å². The van der Waals surface area contributed by atoms with E-state index in [1.807, 2.05) is 6.07 Å². The number of aromatic nitrogens is 1. The van der Waals surface area contributed by atoms with Gasteiger partial charge in [-0.3, -0.25) is 4.79 Å². The molecule has 3 nitrogen and oxygen atoms in total. The summed E-state index contributed by atoms with van der Waals surface area (Å²) in [5, 5.41) is 0. The summed E-state index contributed by atoms with van der Waals surface area (Å²) in [4.78, 5) is 14.9. The zero-order valence-corrected chi connectivity index (χ0v) is 8.85. The topological polar surface area (TPSA) is 39.2 Å². The Hall–Kier alpha value is -1.13. The second-order valence-electron chi connectivity index (χ2n) is 2.66. The molecule has 2 aromatic rings. The molecule has 1 aromatic heterocycles. The van der Waals surface area contributed by atoms with E-state index in [1.54, 1.807) is 12.1 Å². The maximum atomic E-state index is 10.8. The highest BCUT2D eigenvalue weighted by Crippen LogP contribution is 2.33. The molecule has 5 heteroatoms. The van der Waals surface area contributed by atoms with Gasteiger partial charge in [-0.2, -0.15) is 0 Å². The van der Waals surface area contributed by atoms with E-state index in [1.165, 1.54) is 18.3 Å². The molecule has 0 N–H and O–H groups in total. The van der Waals surface area contributed by atoms with E-state index in [0.717, 1.165) is 10.2 Å². The number of halogens is 1.